The summed E-state index contributed by atoms with van der Waals surface area (Å²) >= 11 is 0. The molecule has 0 saturated carbocycles. The van der Waals surface area contributed by atoms with Crippen LogP contribution >= 0.6 is 0 Å². The molecule has 0 aliphatic carbocycles. The fraction of sp³-hybridized carbons (Fsp3) is 0.980. The summed E-state index contributed by atoms with van der Waals surface area (Å²) in [6.45, 7) is 11.1. The van der Waals surface area contributed by atoms with Crippen molar-refractivity contribution in [2.24, 2.45) is 0 Å². The van der Waals surface area contributed by atoms with Crippen molar-refractivity contribution in [3.8, 4) is 0 Å². The summed E-state index contributed by atoms with van der Waals surface area (Å²) in [7, 11) is 0. The second kappa shape index (κ2) is 50.4. The van der Waals surface area contributed by atoms with Gasteiger partial charge in [0.05, 0.1) is 52.4 Å². The van der Waals surface area contributed by atoms with Crippen LogP contribution in [-0.4, -0.2) is 96.0 Å². The van der Waals surface area contributed by atoms with E-state index in [1.165, 1.54) is 193 Å². The molecule has 9 heteroatoms. The van der Waals surface area contributed by atoms with E-state index in [0.29, 0.717) is 59.4 Å². The van der Waals surface area contributed by atoms with E-state index in [1.807, 2.05) is 0 Å². The Balaban J connectivity index is 4.06. The van der Waals surface area contributed by atoms with E-state index < -0.39 is 12.2 Å². The lowest BCUT2D eigenvalue weighted by Crippen LogP contribution is -2.33. The first kappa shape index (κ1) is 57.0. The van der Waals surface area contributed by atoms with Crippen LogP contribution in [0.1, 0.15) is 226 Å². The standard InChI is InChI=1S/C49H99NO8/c1-4-6-8-10-12-14-16-18-20-22-24-26-28-30-32-34-37-55-45-48(46-58-49(52)50-36-39-53-40-41-54-42-43-56-44-47(3)51)57-38-35-33-31-29-27-25-23-21-19-17-15-13-11-9-7-5-2/h47-48,51H,4-46H2,1-3H3,(H,50,52)/t47-,48-/m0/s1. The Hall–Kier alpha value is -0.970. The second-order valence-corrected chi connectivity index (χ2v) is 16.8. The van der Waals surface area contributed by atoms with Crippen LogP contribution < -0.4 is 5.32 Å². The molecule has 0 aromatic rings. The summed E-state index contributed by atoms with van der Waals surface area (Å²) in [6, 6.07) is 0. The number of aliphatic hydroxyl groups is 1. The van der Waals surface area contributed by atoms with Crippen molar-refractivity contribution in [3.63, 3.8) is 0 Å². The molecule has 0 radical (unpaired) electrons. The van der Waals surface area contributed by atoms with E-state index in [0.717, 1.165) is 19.4 Å². The Morgan fingerprint density at radius 3 is 1.17 bits per heavy atom. The Labute approximate surface area is 359 Å². The average Bonchev–Trinajstić information content (AvgIpc) is 3.22. The topological polar surface area (TPSA) is 105 Å². The molecule has 2 atom stereocenters. The van der Waals surface area contributed by atoms with Gasteiger partial charge in [-0.1, -0.05) is 206 Å². The van der Waals surface area contributed by atoms with Crippen molar-refractivity contribution in [2.75, 3.05) is 72.6 Å². The van der Waals surface area contributed by atoms with E-state index in [2.05, 4.69) is 19.2 Å². The van der Waals surface area contributed by atoms with Gasteiger partial charge in [-0.25, -0.2) is 4.79 Å². The van der Waals surface area contributed by atoms with Gasteiger partial charge in [-0.05, 0) is 19.8 Å². The quantitative estimate of drug-likeness (QED) is 0.0584. The number of ether oxygens (including phenoxy) is 6. The number of nitrogens with one attached hydrogen (secondary N) is 1. The number of carbonyl (C=O) groups excluding carboxylic acids is 1. The highest BCUT2D eigenvalue weighted by atomic mass is 16.6. The molecule has 0 saturated heterocycles. The van der Waals surface area contributed by atoms with Crippen LogP contribution in [0, 0.1) is 0 Å². The molecule has 58 heavy (non-hydrogen) atoms. The molecule has 0 heterocycles. The SMILES string of the molecule is CCCCCCCCCCCCCCCCCCOC[C@@H](COC(=O)NCCOCCOCCOC[C@H](C)O)OCCCCCCCCCCCCCCCCCC. The van der Waals surface area contributed by atoms with Crippen LogP contribution in [0.25, 0.3) is 0 Å². The van der Waals surface area contributed by atoms with Crippen LogP contribution in [0.3, 0.4) is 0 Å². The first-order valence-electron chi connectivity index (χ1n) is 25.1. The molecule has 1 amide bonds. The Morgan fingerprint density at radius 2 is 0.759 bits per heavy atom. The van der Waals surface area contributed by atoms with Gasteiger partial charge in [0, 0.05) is 19.8 Å². The number of hydrogen-bond acceptors (Lipinski definition) is 8. The van der Waals surface area contributed by atoms with Crippen LogP contribution in [0.15, 0.2) is 0 Å². The monoisotopic (exact) mass is 830 g/mol. The lowest BCUT2D eigenvalue weighted by atomic mass is 10.0. The third-order valence-corrected chi connectivity index (χ3v) is 10.8. The zero-order chi connectivity index (χ0) is 42.1. The summed E-state index contributed by atoms with van der Waals surface area (Å²) < 4.78 is 33.9. The van der Waals surface area contributed by atoms with Gasteiger partial charge in [0.2, 0.25) is 0 Å². The predicted molar refractivity (Wildman–Crippen MR) is 243 cm³/mol. The number of carbonyl (C=O) groups is 1. The zero-order valence-electron chi connectivity index (χ0n) is 38.9. The normalized spacial score (nSPS) is 12.6. The largest absolute Gasteiger partial charge is 0.447 e. The van der Waals surface area contributed by atoms with Crippen LogP contribution in [-0.2, 0) is 28.4 Å². The number of hydrogen-bond donors (Lipinski definition) is 2. The molecule has 0 fully saturated rings. The molecule has 0 spiro atoms. The summed E-state index contributed by atoms with van der Waals surface area (Å²) in [5.41, 5.74) is 0. The minimum atomic E-state index is -0.471. The number of aliphatic hydroxyl groups excluding tert-OH is 1. The van der Waals surface area contributed by atoms with Crippen LogP contribution in [0.2, 0.25) is 0 Å². The second-order valence-electron chi connectivity index (χ2n) is 16.8. The van der Waals surface area contributed by atoms with Gasteiger partial charge in [-0.3, -0.25) is 0 Å². The molecule has 0 aliphatic heterocycles. The van der Waals surface area contributed by atoms with E-state index in [1.54, 1.807) is 6.92 Å². The number of alkyl carbamates (subject to hydrolysis) is 1. The van der Waals surface area contributed by atoms with E-state index in [9.17, 15) is 9.90 Å². The molecule has 0 unspecified atom stereocenters. The molecule has 0 aromatic heterocycles. The summed E-state index contributed by atoms with van der Waals surface area (Å²) in [6.07, 6.45) is 42.1. The van der Waals surface area contributed by atoms with E-state index in [-0.39, 0.29) is 12.7 Å². The summed E-state index contributed by atoms with van der Waals surface area (Å²) in [4.78, 5) is 12.4. The van der Waals surface area contributed by atoms with Gasteiger partial charge in [-0.2, -0.15) is 0 Å². The maximum Gasteiger partial charge on any atom is 0.407 e. The van der Waals surface area contributed by atoms with Crippen molar-refractivity contribution in [1.82, 2.24) is 5.32 Å². The maximum absolute atomic E-state index is 12.4. The van der Waals surface area contributed by atoms with Crippen molar-refractivity contribution >= 4 is 6.09 Å². The highest BCUT2D eigenvalue weighted by molar-refractivity contribution is 5.67. The van der Waals surface area contributed by atoms with Crippen molar-refractivity contribution in [2.45, 2.75) is 238 Å². The fourth-order valence-corrected chi connectivity index (χ4v) is 7.15. The first-order valence-corrected chi connectivity index (χ1v) is 25.1. The maximum atomic E-state index is 12.4. The van der Waals surface area contributed by atoms with E-state index in [4.69, 9.17) is 28.4 Å². The highest BCUT2D eigenvalue weighted by Crippen LogP contribution is 2.15. The molecule has 2 N–H and O–H groups in total. The highest BCUT2D eigenvalue weighted by Gasteiger charge is 2.13. The Bertz CT molecular complexity index is 773. The molecule has 348 valence electrons. The molecular weight excluding hydrogens is 731 g/mol. The minimum Gasteiger partial charge on any atom is -0.447 e. The Kier molecular flexibility index (Phi) is 49.5. The van der Waals surface area contributed by atoms with Crippen molar-refractivity contribution < 1.29 is 38.3 Å². The number of rotatable bonds is 50. The summed E-state index contributed by atoms with van der Waals surface area (Å²) in [5.74, 6) is 0. The molecule has 0 aliphatic rings. The van der Waals surface area contributed by atoms with Gasteiger partial charge in [0.15, 0.2) is 0 Å². The Morgan fingerprint density at radius 1 is 0.414 bits per heavy atom. The predicted octanol–water partition coefficient (Wildman–Crippen LogP) is 13.1. The van der Waals surface area contributed by atoms with E-state index >= 15 is 0 Å². The van der Waals surface area contributed by atoms with Crippen molar-refractivity contribution in [1.29, 1.82) is 0 Å². The van der Waals surface area contributed by atoms with Gasteiger partial charge in [0.25, 0.3) is 0 Å². The smallest absolute Gasteiger partial charge is 0.407 e. The number of amides is 1. The molecule has 0 aromatic carbocycles. The summed E-state index contributed by atoms with van der Waals surface area (Å²) in [5, 5.41) is 11.9. The third-order valence-electron chi connectivity index (χ3n) is 10.8. The van der Waals surface area contributed by atoms with Gasteiger partial charge in [-0.15, -0.1) is 0 Å². The van der Waals surface area contributed by atoms with Crippen LogP contribution in [0.4, 0.5) is 4.79 Å². The van der Waals surface area contributed by atoms with Gasteiger partial charge in [0.1, 0.15) is 12.7 Å². The van der Waals surface area contributed by atoms with Crippen LogP contribution in [0.5, 0.6) is 0 Å². The average molecular weight is 830 g/mol. The van der Waals surface area contributed by atoms with Gasteiger partial charge >= 0.3 is 6.09 Å². The number of unbranched alkanes of at least 4 members (excludes halogenated alkanes) is 30. The molecule has 9 nitrogen and oxygen atoms in total. The minimum absolute atomic E-state index is 0.176. The molecular formula is C49H99NO8. The van der Waals surface area contributed by atoms with Gasteiger partial charge < -0.3 is 38.8 Å². The van der Waals surface area contributed by atoms with Crippen molar-refractivity contribution in [3.05, 3.63) is 0 Å². The third kappa shape index (κ3) is 49.4. The molecule has 0 bridgehead atoms. The first-order chi connectivity index (χ1) is 28.6. The lowest BCUT2D eigenvalue weighted by Gasteiger charge is -2.18. The lowest BCUT2D eigenvalue weighted by molar-refractivity contribution is -0.0470. The zero-order valence-corrected chi connectivity index (χ0v) is 38.9. The molecule has 0 rings (SSSR count). The fourth-order valence-electron chi connectivity index (χ4n) is 7.15.